The number of hydrogen-bond donors (Lipinski definition) is 8. The quantitative estimate of drug-likeness (QED) is 0.0140. The minimum atomic E-state index is -4.61. The fraction of sp³-hybridized carbons (Fsp3) is 0.711. The Morgan fingerprint density at radius 2 is 1.42 bits per heavy atom. The number of hydrogen-bond acceptors (Lipinski definition) is 17. The molecule has 66 heavy (non-hydrogen) atoms. The molecule has 7 amide bonds. The Balaban J connectivity index is 1.59. The number of likely N-dealkylation sites (N-methyl/N-ethyl adjacent to an activating group) is 1. The van der Waals surface area contributed by atoms with Gasteiger partial charge in [0, 0.05) is 64.0 Å². The van der Waals surface area contributed by atoms with E-state index in [0.717, 1.165) is 12.2 Å². The van der Waals surface area contributed by atoms with Gasteiger partial charge in [-0.3, -0.25) is 61.8 Å². The number of ketones is 1. The van der Waals surface area contributed by atoms with Gasteiger partial charge >= 0.3 is 21.4 Å². The van der Waals surface area contributed by atoms with Crippen LogP contribution in [0.15, 0.2) is 12.2 Å². The highest BCUT2D eigenvalue weighted by molar-refractivity contribution is 7.51. The van der Waals surface area contributed by atoms with E-state index in [0.29, 0.717) is 11.3 Å². The maximum atomic E-state index is 13.1. The van der Waals surface area contributed by atoms with E-state index in [1.165, 1.54) is 0 Å². The molecule has 0 bridgehead atoms. The van der Waals surface area contributed by atoms with Crippen molar-refractivity contribution in [3.8, 4) is 0 Å². The minimum absolute atomic E-state index is 0.00939. The van der Waals surface area contributed by atoms with Crippen LogP contribution in [0.25, 0.3) is 0 Å². The Morgan fingerprint density at radius 3 is 2.05 bits per heavy atom. The zero-order chi connectivity index (χ0) is 49.5. The summed E-state index contributed by atoms with van der Waals surface area (Å²) in [5, 5.41) is 12.4. The molecule has 0 aromatic carbocycles. The van der Waals surface area contributed by atoms with Crippen molar-refractivity contribution in [3.05, 3.63) is 12.2 Å². The number of ether oxygens (including phenoxy) is 3. The van der Waals surface area contributed by atoms with E-state index in [-0.39, 0.29) is 102 Å². The fourth-order valence-electron chi connectivity index (χ4n) is 5.80. The van der Waals surface area contributed by atoms with Crippen LogP contribution in [0.5, 0.6) is 0 Å². The second kappa shape index (κ2) is 29.3. The number of cyclic esters (lactones) is 1. The lowest BCUT2D eigenvalue weighted by Crippen LogP contribution is -2.55. The molecular weight excluding hydrogens is 920 g/mol. The second-order valence-electron chi connectivity index (χ2n) is 15.6. The van der Waals surface area contributed by atoms with Gasteiger partial charge in [0.05, 0.1) is 71.4 Å². The van der Waals surface area contributed by atoms with Crippen LogP contribution in [0.4, 0.5) is 0 Å². The third-order valence-electron chi connectivity index (χ3n) is 9.84. The summed E-state index contributed by atoms with van der Waals surface area (Å²) >= 11 is 0. The maximum absolute atomic E-state index is 13.1. The number of phosphoric acid groups is 1. The number of nitrogens with zero attached hydrogens (tertiary/aromatic N) is 2. The van der Waals surface area contributed by atoms with Crippen LogP contribution >= 0.6 is 15.4 Å². The first-order valence-corrected chi connectivity index (χ1v) is 24.4. The van der Waals surface area contributed by atoms with Gasteiger partial charge in [0.25, 0.3) is 11.8 Å². The van der Waals surface area contributed by atoms with Crippen molar-refractivity contribution < 1.29 is 90.2 Å². The number of carbonyl (C=O) groups is 9. The maximum Gasteiger partial charge on any atom is 0.472 e. The molecule has 0 saturated carbocycles. The number of amides is 7. The van der Waals surface area contributed by atoms with E-state index < -0.39 is 107 Å². The molecule has 2 aliphatic heterocycles. The first kappa shape index (κ1) is 57.6. The molecule has 0 spiro atoms. The number of nitrogens with one attached hydrogen (secondary N) is 5. The Labute approximate surface area is 381 Å². The third-order valence-corrected chi connectivity index (χ3v) is 11.7. The van der Waals surface area contributed by atoms with E-state index in [1.54, 1.807) is 11.9 Å². The van der Waals surface area contributed by atoms with Crippen LogP contribution in [-0.4, -0.2) is 188 Å². The number of esters is 1. The standard InChI is InChI=1S/C38H63N7O19P2/c1-25(2)26(3)21-30(46)28(22-33(49)42-27-7-14-62-38(27)54)43-34(50)24-44(4)12-10-39-31(47)8-13-60-16-17-61-18-19-64-66(58,59)63-15-11-40-37(53)29(45-35(51)5-6-36(45)52)23-41-32(48)9-20-65(55,56)57/h5-6,25-29H,7-24H2,1-4H3,(H,39,47)(H,40,53)(H,41,48)(H,42,49)(H,43,50)(H,58,59)(H2,55,56,57)/t26-,27-,28-,29-/m0/s1. The molecule has 0 aliphatic carbocycles. The van der Waals surface area contributed by atoms with Crippen LogP contribution < -0.4 is 26.6 Å². The lowest BCUT2D eigenvalue weighted by molar-refractivity contribution is -0.145. The van der Waals surface area contributed by atoms with Gasteiger partial charge in [-0.25, -0.2) is 9.36 Å². The molecule has 2 rings (SSSR count). The average molecular weight is 984 g/mol. The molecule has 1 fully saturated rings. The van der Waals surface area contributed by atoms with E-state index in [1.807, 2.05) is 20.8 Å². The Hall–Kier alpha value is -4.49. The molecule has 26 nitrogen and oxygen atoms in total. The van der Waals surface area contributed by atoms with E-state index in [4.69, 9.17) is 33.0 Å². The first-order chi connectivity index (χ1) is 31.0. The molecule has 8 N–H and O–H groups in total. The summed E-state index contributed by atoms with van der Waals surface area (Å²) < 4.78 is 48.3. The highest BCUT2D eigenvalue weighted by atomic mass is 31.2. The van der Waals surface area contributed by atoms with E-state index >= 15 is 0 Å². The monoisotopic (exact) mass is 983 g/mol. The molecule has 2 aliphatic rings. The summed E-state index contributed by atoms with van der Waals surface area (Å²) in [6, 6.07) is -3.45. The van der Waals surface area contributed by atoms with Crippen molar-refractivity contribution in [1.29, 1.82) is 0 Å². The predicted octanol–water partition coefficient (Wildman–Crippen LogP) is -2.76. The SMILES string of the molecule is CC(C)[C@@H](C)CC(=O)[C@H](CC(=O)N[C@H]1CCOC1=O)NC(=O)CN(C)CCNC(=O)CCOCCOCCOP(=O)(O)OCCNC(=O)[C@H](CNC(=O)CCP(=O)(O)O)N1C(=O)C=CC1=O. The van der Waals surface area contributed by atoms with Crippen LogP contribution in [0.3, 0.4) is 0 Å². The number of phosphoric ester groups is 1. The number of imide groups is 1. The topological polar surface area (TPSA) is 361 Å². The van der Waals surface area contributed by atoms with Crippen LogP contribution in [0.1, 0.15) is 52.9 Å². The van der Waals surface area contributed by atoms with Gasteiger partial charge < -0.3 is 55.5 Å². The van der Waals surface area contributed by atoms with Gasteiger partial charge in [-0.05, 0) is 18.9 Å². The van der Waals surface area contributed by atoms with Gasteiger partial charge in [-0.15, -0.1) is 0 Å². The lowest BCUT2D eigenvalue weighted by atomic mass is 9.90. The van der Waals surface area contributed by atoms with Crippen LogP contribution in [0, 0.1) is 11.8 Å². The molecule has 0 radical (unpaired) electrons. The summed E-state index contributed by atoms with van der Waals surface area (Å²) in [6.07, 6.45) is 0.619. The Kier molecular flexibility index (Phi) is 25.6. The highest BCUT2D eigenvalue weighted by Crippen LogP contribution is 2.42. The van der Waals surface area contributed by atoms with Gasteiger partial charge in [0.2, 0.25) is 29.5 Å². The third kappa shape index (κ3) is 23.8. The number of Topliss-reactive ketones (excluding diaryl/α,β-unsaturated/α-hetero) is 1. The largest absolute Gasteiger partial charge is 0.472 e. The molecule has 2 heterocycles. The summed E-state index contributed by atoms with van der Waals surface area (Å²) in [6.45, 7) is 4.52. The van der Waals surface area contributed by atoms with Crippen molar-refractivity contribution in [2.45, 2.75) is 71.0 Å². The van der Waals surface area contributed by atoms with Crippen molar-refractivity contribution in [1.82, 2.24) is 36.4 Å². The Bertz CT molecular complexity index is 1810. The molecule has 0 aromatic rings. The van der Waals surface area contributed by atoms with Crippen LogP contribution in [0.2, 0.25) is 0 Å². The normalized spacial score (nSPS) is 17.3. The Morgan fingerprint density at radius 1 is 0.803 bits per heavy atom. The van der Waals surface area contributed by atoms with Crippen LogP contribution in [-0.2, 0) is 75.5 Å². The van der Waals surface area contributed by atoms with E-state index in [2.05, 4.69) is 26.6 Å². The van der Waals surface area contributed by atoms with Crippen molar-refractivity contribution in [3.63, 3.8) is 0 Å². The lowest BCUT2D eigenvalue weighted by Gasteiger charge is -2.25. The fourth-order valence-corrected chi connectivity index (χ4v) is 7.00. The molecular formula is C38H63N7O19P2. The van der Waals surface area contributed by atoms with Gasteiger partial charge in [-0.2, -0.15) is 0 Å². The van der Waals surface area contributed by atoms with Crippen molar-refractivity contribution >= 4 is 68.5 Å². The predicted molar refractivity (Wildman–Crippen MR) is 228 cm³/mol. The molecule has 374 valence electrons. The molecule has 1 saturated heterocycles. The summed E-state index contributed by atoms with van der Waals surface area (Å²) in [5.74, 6) is -5.52. The summed E-state index contributed by atoms with van der Waals surface area (Å²) in [5.41, 5.74) is 0. The molecule has 1 unspecified atom stereocenters. The minimum Gasteiger partial charge on any atom is -0.464 e. The number of carbonyl (C=O) groups excluding carboxylic acids is 9. The second-order valence-corrected chi connectivity index (χ2v) is 18.8. The summed E-state index contributed by atoms with van der Waals surface area (Å²) in [7, 11) is -7.44. The smallest absolute Gasteiger partial charge is 0.464 e. The van der Waals surface area contributed by atoms with Gasteiger partial charge in [0.1, 0.15) is 12.1 Å². The average Bonchev–Trinajstić information content (AvgIpc) is 3.79. The molecule has 28 heteroatoms. The van der Waals surface area contributed by atoms with Crippen molar-refractivity contribution in [2.75, 3.05) is 92.2 Å². The number of rotatable bonds is 34. The highest BCUT2D eigenvalue weighted by Gasteiger charge is 2.36. The van der Waals surface area contributed by atoms with Gasteiger partial charge in [-0.1, -0.05) is 20.8 Å². The zero-order valence-corrected chi connectivity index (χ0v) is 39.2. The molecule has 0 aromatic heterocycles. The van der Waals surface area contributed by atoms with E-state index in [9.17, 15) is 57.2 Å². The first-order valence-electron chi connectivity index (χ1n) is 21.1. The summed E-state index contributed by atoms with van der Waals surface area (Å²) in [4.78, 5) is 142. The van der Waals surface area contributed by atoms with Gasteiger partial charge in [0.15, 0.2) is 5.78 Å². The zero-order valence-electron chi connectivity index (χ0n) is 37.4. The molecule has 5 atom stereocenters. The van der Waals surface area contributed by atoms with Crippen molar-refractivity contribution in [2.24, 2.45) is 11.8 Å².